The molecule has 1 saturated heterocycles. The molecule has 5 fully saturated rings. The van der Waals surface area contributed by atoms with Crippen molar-refractivity contribution in [2.75, 3.05) is 48.5 Å². The Morgan fingerprint density at radius 3 is 1.10 bits per heavy atom. The highest BCUT2D eigenvalue weighted by Gasteiger charge is 2.66. The molecule has 762 valence electrons. The maximum absolute atomic E-state index is 13.9. The molecule has 0 radical (unpaired) electrons. The number of carbonyl (C=O) groups is 15. The summed E-state index contributed by atoms with van der Waals surface area (Å²) in [7, 11) is 2.51. The van der Waals surface area contributed by atoms with Crippen molar-refractivity contribution in [2.45, 2.75) is 243 Å². The molecule has 0 spiro atoms. The Hall–Kier alpha value is -13.0. The van der Waals surface area contributed by atoms with Gasteiger partial charge in [-0.2, -0.15) is 0 Å². The number of aryl methyl sites for hydroxylation is 4. The van der Waals surface area contributed by atoms with E-state index in [2.05, 4.69) is 63.4 Å². The van der Waals surface area contributed by atoms with Gasteiger partial charge in [0.05, 0.1) is 47.0 Å². The van der Waals surface area contributed by atoms with Gasteiger partial charge in [-0.05, 0) is 214 Å². The number of likely N-dealkylation sites (tertiary alicyclic amines) is 1. The minimum absolute atomic E-state index is 0.0114. The second-order valence-electron chi connectivity index (χ2n) is 38.8. The summed E-state index contributed by atoms with van der Waals surface area (Å²) in [6, 6.07) is 20.4. The van der Waals surface area contributed by atoms with Crippen LogP contribution in [0.4, 0.5) is 53.5 Å². The lowest BCUT2D eigenvalue weighted by atomic mass is 9.71. The van der Waals surface area contributed by atoms with Crippen molar-refractivity contribution >= 4 is 169 Å². The summed E-state index contributed by atoms with van der Waals surface area (Å²) in [5.41, 5.74) is 4.56. The van der Waals surface area contributed by atoms with Crippen LogP contribution in [0.1, 0.15) is 240 Å². The number of hydrogen-bond acceptors (Lipinski definition) is 19. The van der Waals surface area contributed by atoms with Gasteiger partial charge in [-0.25, -0.2) is 30.7 Å². The first-order chi connectivity index (χ1) is 67.5. The van der Waals surface area contributed by atoms with Crippen molar-refractivity contribution in [1.29, 1.82) is 0 Å². The lowest BCUT2D eigenvalue weighted by Gasteiger charge is -2.50. The quantitative estimate of drug-likeness (QED) is 0.0152. The maximum atomic E-state index is 13.9. The van der Waals surface area contributed by atoms with Gasteiger partial charge in [-0.3, -0.25) is 71.9 Å². The van der Waals surface area contributed by atoms with Gasteiger partial charge in [0.15, 0.2) is 0 Å². The molecule has 33 nitrogen and oxygen atoms in total. The highest BCUT2D eigenvalue weighted by atomic mass is 35.5. The fourth-order valence-corrected chi connectivity index (χ4v) is 21.9. The molecule has 45 heteroatoms. The van der Waals surface area contributed by atoms with Crippen molar-refractivity contribution in [1.82, 2.24) is 65.3 Å². The van der Waals surface area contributed by atoms with Crippen LogP contribution in [0.3, 0.4) is 0 Å². The van der Waals surface area contributed by atoms with E-state index in [4.69, 9.17) is 46.4 Å². The molecule has 4 aliphatic carbocycles. The lowest BCUT2D eigenvalue weighted by Crippen LogP contribution is -2.72. The fraction of sp³-hybridized carbons (Fsp3) is 0.424. The van der Waals surface area contributed by atoms with E-state index in [0.29, 0.717) is 127 Å². The zero-order valence-electron chi connectivity index (χ0n) is 80.1. The van der Waals surface area contributed by atoms with Crippen molar-refractivity contribution < 1.29 is 108 Å². The number of nitrogens with one attached hydrogen (secondary N) is 10. The van der Waals surface area contributed by atoms with Gasteiger partial charge in [-0.1, -0.05) is 70.7 Å². The fourth-order valence-electron chi connectivity index (χ4n) is 20.4. The Bertz CT molecular complexity index is 6930. The van der Waals surface area contributed by atoms with Crippen molar-refractivity contribution in [3.63, 3.8) is 0 Å². The van der Waals surface area contributed by atoms with E-state index >= 15 is 0 Å². The first kappa shape index (κ1) is 105. The molecular formula is C99H102Cl4F7N17O16S. The van der Waals surface area contributed by atoms with Crippen LogP contribution in [0.15, 0.2) is 78.3 Å². The van der Waals surface area contributed by atoms with Crippen LogP contribution >= 0.6 is 57.7 Å². The number of hydrogen-bond donors (Lipinski definition) is 11. The molecular weight excluding hydrogens is 1990 g/mol. The van der Waals surface area contributed by atoms with Gasteiger partial charge < -0.3 is 81.4 Å². The highest BCUT2D eigenvalue weighted by molar-refractivity contribution is 7.09. The van der Waals surface area contributed by atoms with Crippen LogP contribution < -0.4 is 53.2 Å². The largest absolute Gasteiger partial charge is 0.391 e. The monoisotopic (exact) mass is 2090 g/mol. The number of benzene rings is 4. The number of ketones is 4. The number of alkyl halides is 7. The average Bonchev–Trinajstić information content (AvgIpc) is 1.47. The SMILES string of the molecule is CNC(=O)C1(NC(=O)C(=O)c2c(C)c(C(=O)Nc3ccc(C)c(Cl)c3)n3c2CCC3(C)C)CC(F)(F)C1.CNC(=O)C1(NC(=O)C(=O)c2c(C)c(C(=O)Nc3ccc(C)c(Cl)c3)n3c2C[C@@H](O)C3)CC(F)(F)C1.Cc1ccc(NC(=O)c2c(C)c(C(=O)C(=O)NC3(C(=O)N4CC(F)C4)CC(F)(F)C3)c3n2CCC3)cc1Cl.Cc1ccc(NC(=O)c2c(C)c(C(=O)C(=O)NC3(c4nncs4)CC3)c3n2CCC3)cc1Cl. The van der Waals surface area contributed by atoms with Crippen LogP contribution in [0.2, 0.25) is 20.1 Å². The van der Waals surface area contributed by atoms with E-state index in [1.165, 1.54) is 36.9 Å². The number of rotatable bonds is 24. The number of nitrogens with zero attached hydrogens (tertiary/aromatic N) is 7. The summed E-state index contributed by atoms with van der Waals surface area (Å²) < 4.78 is 102. The molecule has 10 heterocycles. The van der Waals surface area contributed by atoms with E-state index in [-0.39, 0.29) is 82.6 Å². The molecule has 5 aromatic heterocycles. The van der Waals surface area contributed by atoms with E-state index in [9.17, 15) is 108 Å². The Morgan fingerprint density at radius 2 is 0.757 bits per heavy atom. The van der Waals surface area contributed by atoms with Crippen LogP contribution in [0, 0.1) is 55.4 Å². The number of aliphatic hydroxyl groups is 1. The summed E-state index contributed by atoms with van der Waals surface area (Å²) in [5.74, 6) is -21.8. The van der Waals surface area contributed by atoms with Crippen molar-refractivity contribution in [3.8, 4) is 0 Å². The van der Waals surface area contributed by atoms with Crippen molar-refractivity contribution in [3.05, 3.63) is 216 Å². The third-order valence-electron chi connectivity index (χ3n) is 27.8. The number of aromatic nitrogens is 6. The van der Waals surface area contributed by atoms with Gasteiger partial charge in [-0.15, -0.1) is 21.5 Å². The molecule has 4 aromatic carbocycles. The number of fused-ring (bicyclic) bond motifs is 4. The molecule has 9 aromatic rings. The maximum Gasteiger partial charge on any atom is 0.293 e. The van der Waals surface area contributed by atoms with Gasteiger partial charge in [0, 0.05) is 150 Å². The Labute approximate surface area is 843 Å². The summed E-state index contributed by atoms with van der Waals surface area (Å²) in [4.78, 5) is 197. The molecule has 0 bridgehead atoms. The second-order valence-corrected chi connectivity index (χ2v) is 41.2. The predicted molar refractivity (Wildman–Crippen MR) is 518 cm³/mol. The number of Topliss-reactive ketones (excluding diaryl/α,β-unsaturated/α-hetero) is 4. The third kappa shape index (κ3) is 20.3. The lowest BCUT2D eigenvalue weighted by molar-refractivity contribution is -0.178. The van der Waals surface area contributed by atoms with Crippen LogP contribution in [0.25, 0.3) is 0 Å². The summed E-state index contributed by atoms with van der Waals surface area (Å²) in [5, 5.41) is 46.0. The van der Waals surface area contributed by atoms with Gasteiger partial charge in [0.25, 0.3) is 88.2 Å². The van der Waals surface area contributed by atoms with Gasteiger partial charge in [0.1, 0.15) is 56.1 Å². The van der Waals surface area contributed by atoms with E-state index in [1.807, 2.05) is 45.3 Å². The molecule has 4 saturated carbocycles. The summed E-state index contributed by atoms with van der Waals surface area (Å²) in [6.45, 7) is 18.1. The first-order valence-corrected chi connectivity index (χ1v) is 48.6. The molecule has 18 rings (SSSR count). The summed E-state index contributed by atoms with van der Waals surface area (Å²) in [6.07, 6.45) is -2.70. The minimum atomic E-state index is -3.19. The standard InChI is InChI=1S/C26H26ClF3N4O4.C26H29ClF2N4O4.C24H25ClF2N4O5.C23H22ClN5O3S/c1-13-5-6-16(8-17(13)27)31-22(36)20-14(2)19(18-4-3-7-34(18)20)21(35)23(37)32-25(11-26(29,30)12-25)24(38)33-9-15(28)10-33;1-13-6-7-15(10-16(13)27)31-21(35)19-14(2)18(17-8-9-24(3,4)33(17)19)20(34)22(36)32-25(23(37)30-5)11-26(28,29)12-25;1-11-4-5-13(6-15(11)25)29-20(34)18-12(2)17(16-7-14(32)8-31(16)18)19(33)21(35)30-23(22(36)28-3)9-24(26,27)10-23;1-12-5-6-14(10-15(12)24)26-20(31)18-13(2)17(16-4-3-9-29(16)18)19(30)21(32)27-23(7-8-23)22-28-25-11-33-22/h5-6,8,15H,3-4,7,9-12H2,1-2H3,(H,31,36)(H,32,37);6-7,10H,8-9,11-12H2,1-5H3,(H,30,37)(H,31,35)(H,32,36);4-6,14,32H,7-10H2,1-3H3,(H,28,36)(H,29,34)(H,30,35);5-6,10-11H,3-4,7-9H2,1-2H3,(H,26,31)(H,27,32)/t;;14-;/m..1./s1. The number of anilines is 4. The third-order valence-corrected chi connectivity index (χ3v) is 30.3. The minimum Gasteiger partial charge on any atom is -0.391 e. The first-order valence-electron chi connectivity index (χ1n) is 46.2. The van der Waals surface area contributed by atoms with Crippen molar-refractivity contribution in [2.24, 2.45) is 0 Å². The molecule has 1 atom stereocenters. The molecule has 144 heavy (non-hydrogen) atoms. The van der Waals surface area contributed by atoms with Gasteiger partial charge in [0.2, 0.25) is 17.7 Å². The zero-order valence-corrected chi connectivity index (χ0v) is 83.9. The smallest absolute Gasteiger partial charge is 0.293 e. The number of likely N-dealkylation sites (N-methyl/N-ethyl adjacent to an activating group) is 2. The highest BCUT2D eigenvalue weighted by Crippen LogP contribution is 2.51. The topological polar surface area (TPSA) is 445 Å². The Balaban J connectivity index is 0.000000145. The van der Waals surface area contributed by atoms with Crippen LogP contribution in [-0.2, 0) is 90.0 Å². The number of amides is 11. The van der Waals surface area contributed by atoms with Crippen LogP contribution in [-0.4, -0.2) is 200 Å². The van der Waals surface area contributed by atoms with E-state index < -0.39 is 178 Å². The van der Waals surface area contributed by atoms with Crippen LogP contribution in [0.5, 0.6) is 0 Å². The molecule has 11 N–H and O–H groups in total. The predicted octanol–water partition coefficient (Wildman–Crippen LogP) is 13.4. The number of aliphatic hydroxyl groups excluding tert-OH is 1. The second kappa shape index (κ2) is 39.5. The van der Waals surface area contributed by atoms with E-state index in [0.717, 1.165) is 52.1 Å². The molecule has 0 unspecified atom stereocenters. The molecule has 9 aliphatic rings. The Kier molecular flexibility index (Phi) is 28.9. The number of carbonyl (C=O) groups excluding carboxylic acids is 15. The Morgan fingerprint density at radius 1 is 0.424 bits per heavy atom. The normalized spacial score (nSPS) is 18.2. The van der Waals surface area contributed by atoms with E-state index in [1.54, 1.807) is 109 Å². The number of halogens is 11. The molecule has 11 amide bonds. The average molecular weight is 2090 g/mol. The zero-order chi connectivity index (χ0) is 105. The molecule has 5 aliphatic heterocycles. The summed E-state index contributed by atoms with van der Waals surface area (Å²) >= 11 is 26.0. The van der Waals surface area contributed by atoms with Gasteiger partial charge >= 0.3 is 0 Å².